The number of likely N-dealkylation sites (N-methyl/N-ethyl adjacent to an activating group) is 1. The topological polar surface area (TPSA) is 29.5 Å². The highest BCUT2D eigenvalue weighted by atomic mass is 16.5. The second-order valence-corrected chi connectivity index (χ2v) is 8.48. The second kappa shape index (κ2) is 8.86. The van der Waals surface area contributed by atoms with Gasteiger partial charge >= 0.3 is 0 Å². The Bertz CT molecular complexity index is 898. The third-order valence-electron chi connectivity index (χ3n) is 6.03. The molecule has 2 aromatic carbocycles. The average molecular weight is 392 g/mol. The van der Waals surface area contributed by atoms with Crippen molar-refractivity contribution in [2.45, 2.75) is 51.9 Å². The van der Waals surface area contributed by atoms with Gasteiger partial charge < -0.3 is 9.64 Å². The van der Waals surface area contributed by atoms with Crippen molar-refractivity contribution in [2.75, 3.05) is 20.2 Å². The number of ether oxygens (including phenoxy) is 1. The summed E-state index contributed by atoms with van der Waals surface area (Å²) in [5, 5.41) is 0. The summed E-state index contributed by atoms with van der Waals surface area (Å²) in [5.41, 5.74) is 6.76. The molecule has 0 fully saturated rings. The highest BCUT2D eigenvalue weighted by molar-refractivity contribution is 5.86. The van der Waals surface area contributed by atoms with Crippen LogP contribution in [-0.4, -0.2) is 31.0 Å². The largest absolute Gasteiger partial charge is 0.492 e. The van der Waals surface area contributed by atoms with Gasteiger partial charge in [-0.15, -0.1) is 0 Å². The van der Waals surface area contributed by atoms with E-state index in [1.807, 2.05) is 6.07 Å². The predicted molar refractivity (Wildman–Crippen MR) is 121 cm³/mol. The first kappa shape index (κ1) is 21.2. The van der Waals surface area contributed by atoms with Crippen LogP contribution in [0, 0.1) is 0 Å². The molecule has 0 aliphatic heterocycles. The Morgan fingerprint density at radius 3 is 2.48 bits per heavy atom. The smallest absolute Gasteiger partial charge is 0.245 e. The molecule has 3 nitrogen and oxygen atoms in total. The molecular formula is C26H33NO2. The van der Waals surface area contributed by atoms with Crippen LogP contribution in [0.4, 0.5) is 0 Å². The molecule has 1 amide bonds. The van der Waals surface area contributed by atoms with E-state index in [1.165, 1.54) is 53.2 Å². The maximum atomic E-state index is 11.6. The Morgan fingerprint density at radius 1 is 1.10 bits per heavy atom. The Morgan fingerprint density at radius 2 is 1.79 bits per heavy atom. The van der Waals surface area contributed by atoms with Gasteiger partial charge in [-0.1, -0.05) is 64.5 Å². The molecule has 0 unspecified atom stereocenters. The standard InChI is InChI=1S/C26H33NO2/c1-6-8-9-10-19-11-13-21-22-14-12-20(29-16-15-27(5)25(28)7-2)18-24(22)26(3,4)23(21)17-19/h7,11-14,17-18H,2,6,8-10,15-16H2,1,3-5H3. The van der Waals surface area contributed by atoms with Crippen molar-refractivity contribution >= 4 is 5.91 Å². The van der Waals surface area contributed by atoms with Gasteiger partial charge in [-0.3, -0.25) is 4.79 Å². The van der Waals surface area contributed by atoms with E-state index in [0.29, 0.717) is 13.2 Å². The van der Waals surface area contributed by atoms with E-state index < -0.39 is 0 Å². The van der Waals surface area contributed by atoms with E-state index in [2.05, 4.69) is 57.7 Å². The van der Waals surface area contributed by atoms with Gasteiger partial charge in [0, 0.05) is 12.5 Å². The van der Waals surface area contributed by atoms with Crippen LogP contribution in [0.3, 0.4) is 0 Å². The second-order valence-electron chi connectivity index (χ2n) is 8.48. The SMILES string of the molecule is C=CC(=O)N(C)CCOc1ccc2c(c1)C(C)(C)c1cc(CCCCC)ccc1-2. The normalized spacial score (nSPS) is 13.5. The average Bonchev–Trinajstić information content (AvgIpc) is 2.94. The molecule has 0 heterocycles. The summed E-state index contributed by atoms with van der Waals surface area (Å²) in [6.07, 6.45) is 6.27. The van der Waals surface area contributed by atoms with Gasteiger partial charge in [0.05, 0.1) is 6.54 Å². The number of fused-ring (bicyclic) bond motifs is 3. The van der Waals surface area contributed by atoms with Crippen molar-refractivity contribution in [2.24, 2.45) is 0 Å². The van der Waals surface area contributed by atoms with Gasteiger partial charge in [0.1, 0.15) is 12.4 Å². The van der Waals surface area contributed by atoms with Gasteiger partial charge in [-0.25, -0.2) is 0 Å². The van der Waals surface area contributed by atoms with E-state index in [1.54, 1.807) is 11.9 Å². The Labute approximate surface area is 175 Å². The van der Waals surface area contributed by atoms with Crippen molar-refractivity contribution in [3.63, 3.8) is 0 Å². The number of nitrogens with zero attached hydrogens (tertiary/aromatic N) is 1. The summed E-state index contributed by atoms with van der Waals surface area (Å²) in [6.45, 7) is 11.4. The number of rotatable bonds is 9. The molecule has 0 bridgehead atoms. The molecule has 0 saturated carbocycles. The Hall–Kier alpha value is -2.55. The minimum absolute atomic E-state index is 0.0413. The molecule has 0 N–H and O–H groups in total. The van der Waals surface area contributed by atoms with E-state index in [4.69, 9.17) is 4.74 Å². The molecule has 154 valence electrons. The van der Waals surface area contributed by atoms with Gasteiger partial charge in [0.15, 0.2) is 0 Å². The molecule has 0 atom stereocenters. The molecule has 1 aliphatic rings. The van der Waals surface area contributed by atoms with Crippen LogP contribution in [0.1, 0.15) is 56.7 Å². The van der Waals surface area contributed by atoms with Crippen LogP contribution in [0.5, 0.6) is 5.75 Å². The summed E-state index contributed by atoms with van der Waals surface area (Å²) >= 11 is 0. The van der Waals surface area contributed by atoms with Crippen LogP contribution in [0.25, 0.3) is 11.1 Å². The molecule has 2 aromatic rings. The lowest BCUT2D eigenvalue weighted by Gasteiger charge is -2.23. The van der Waals surface area contributed by atoms with E-state index >= 15 is 0 Å². The van der Waals surface area contributed by atoms with Gasteiger partial charge in [0.2, 0.25) is 5.91 Å². The molecule has 0 spiro atoms. The number of hydrogen-bond donors (Lipinski definition) is 0. The van der Waals surface area contributed by atoms with Crippen LogP contribution in [0.2, 0.25) is 0 Å². The zero-order valence-corrected chi connectivity index (χ0v) is 18.3. The third-order valence-corrected chi connectivity index (χ3v) is 6.03. The fraction of sp³-hybridized carbons (Fsp3) is 0.423. The number of carbonyl (C=O) groups excluding carboxylic acids is 1. The zero-order valence-electron chi connectivity index (χ0n) is 18.3. The minimum Gasteiger partial charge on any atom is -0.492 e. The number of carbonyl (C=O) groups is 1. The third kappa shape index (κ3) is 4.39. The van der Waals surface area contributed by atoms with E-state index in [9.17, 15) is 4.79 Å². The molecule has 3 rings (SSSR count). The van der Waals surface area contributed by atoms with Gasteiger partial charge in [-0.2, -0.15) is 0 Å². The van der Waals surface area contributed by atoms with E-state index in [-0.39, 0.29) is 11.3 Å². The highest BCUT2D eigenvalue weighted by Gasteiger charge is 2.35. The molecule has 0 aromatic heterocycles. The molecule has 0 saturated heterocycles. The number of benzene rings is 2. The Kier molecular flexibility index (Phi) is 6.46. The van der Waals surface area contributed by atoms with Crippen molar-refractivity contribution in [1.82, 2.24) is 4.90 Å². The molecule has 0 radical (unpaired) electrons. The van der Waals surface area contributed by atoms with Gasteiger partial charge in [0.25, 0.3) is 0 Å². The maximum absolute atomic E-state index is 11.6. The van der Waals surface area contributed by atoms with Crippen LogP contribution in [-0.2, 0) is 16.6 Å². The highest BCUT2D eigenvalue weighted by Crippen LogP contribution is 2.49. The summed E-state index contributed by atoms with van der Waals surface area (Å²) in [5.74, 6) is 0.765. The van der Waals surface area contributed by atoms with Crippen LogP contribution in [0.15, 0.2) is 49.1 Å². The first-order chi connectivity index (χ1) is 13.9. The lowest BCUT2D eigenvalue weighted by molar-refractivity contribution is -0.125. The molecule has 1 aliphatic carbocycles. The van der Waals surface area contributed by atoms with E-state index in [0.717, 1.165) is 12.2 Å². The molecule has 3 heteroatoms. The first-order valence-corrected chi connectivity index (χ1v) is 10.7. The lowest BCUT2D eigenvalue weighted by atomic mass is 9.81. The summed E-state index contributed by atoms with van der Waals surface area (Å²) in [4.78, 5) is 13.2. The fourth-order valence-corrected chi connectivity index (χ4v) is 4.15. The predicted octanol–water partition coefficient (Wildman–Crippen LogP) is 5.75. The zero-order chi connectivity index (χ0) is 21.0. The summed E-state index contributed by atoms with van der Waals surface area (Å²) < 4.78 is 5.95. The molecular weight excluding hydrogens is 358 g/mol. The van der Waals surface area contributed by atoms with Crippen LogP contribution < -0.4 is 4.74 Å². The number of aryl methyl sites for hydroxylation is 1. The number of amides is 1. The minimum atomic E-state index is -0.0890. The summed E-state index contributed by atoms with van der Waals surface area (Å²) in [6, 6.07) is 13.4. The first-order valence-electron chi connectivity index (χ1n) is 10.7. The fourth-order valence-electron chi connectivity index (χ4n) is 4.15. The van der Waals surface area contributed by atoms with Crippen molar-refractivity contribution < 1.29 is 9.53 Å². The van der Waals surface area contributed by atoms with Crippen molar-refractivity contribution in [1.29, 1.82) is 0 Å². The lowest BCUT2D eigenvalue weighted by Crippen LogP contribution is -2.29. The maximum Gasteiger partial charge on any atom is 0.245 e. The Balaban J connectivity index is 1.76. The summed E-state index contributed by atoms with van der Waals surface area (Å²) in [7, 11) is 1.76. The van der Waals surface area contributed by atoms with Crippen LogP contribution >= 0.6 is 0 Å². The number of unbranched alkanes of at least 4 members (excludes halogenated alkanes) is 2. The van der Waals surface area contributed by atoms with Gasteiger partial charge in [-0.05, 0) is 58.9 Å². The van der Waals surface area contributed by atoms with Crippen molar-refractivity contribution in [3.8, 4) is 16.9 Å². The monoisotopic (exact) mass is 391 g/mol. The molecule has 29 heavy (non-hydrogen) atoms. The number of hydrogen-bond acceptors (Lipinski definition) is 2. The van der Waals surface area contributed by atoms with Crippen molar-refractivity contribution in [3.05, 3.63) is 65.7 Å². The quantitative estimate of drug-likeness (QED) is 0.402.